The predicted molar refractivity (Wildman–Crippen MR) is 57.6 cm³/mol. The summed E-state index contributed by atoms with van der Waals surface area (Å²) in [6.07, 6.45) is -4.25. The van der Waals surface area contributed by atoms with Crippen molar-refractivity contribution >= 4 is 0 Å². The molecule has 17 heavy (non-hydrogen) atoms. The van der Waals surface area contributed by atoms with E-state index in [1.807, 2.05) is 0 Å². The summed E-state index contributed by atoms with van der Waals surface area (Å²) in [6.45, 7) is 1.36. The third kappa shape index (κ3) is 2.98. The smallest absolute Gasteiger partial charge is 0.379 e. The molecule has 1 aliphatic rings. The summed E-state index contributed by atoms with van der Waals surface area (Å²) in [4.78, 5) is 1.43. The molecule has 0 saturated carbocycles. The van der Waals surface area contributed by atoms with Crippen molar-refractivity contribution in [2.75, 3.05) is 26.3 Å². The Morgan fingerprint density at radius 3 is 2.18 bits per heavy atom. The van der Waals surface area contributed by atoms with Crippen LogP contribution in [-0.4, -0.2) is 37.4 Å². The standard InChI is InChI=1S/C12H14F3NO/c13-12(14,15)11(10-4-2-1-3-5-10)16-6-8-17-9-7-16/h1-5,11H,6-9H2. The van der Waals surface area contributed by atoms with Gasteiger partial charge in [-0.15, -0.1) is 0 Å². The van der Waals surface area contributed by atoms with Crippen molar-refractivity contribution in [3.63, 3.8) is 0 Å². The van der Waals surface area contributed by atoms with Crippen LogP contribution < -0.4 is 0 Å². The molecule has 0 aromatic heterocycles. The van der Waals surface area contributed by atoms with Gasteiger partial charge in [0, 0.05) is 13.1 Å². The highest BCUT2D eigenvalue weighted by molar-refractivity contribution is 5.20. The Morgan fingerprint density at radius 2 is 1.65 bits per heavy atom. The van der Waals surface area contributed by atoms with Gasteiger partial charge in [0.15, 0.2) is 0 Å². The number of nitrogens with zero attached hydrogens (tertiary/aromatic N) is 1. The Labute approximate surface area is 98.0 Å². The summed E-state index contributed by atoms with van der Waals surface area (Å²) < 4.78 is 44.4. The van der Waals surface area contributed by atoms with Crippen molar-refractivity contribution in [2.45, 2.75) is 12.2 Å². The lowest BCUT2D eigenvalue weighted by atomic mass is 10.0. The van der Waals surface area contributed by atoms with Crippen molar-refractivity contribution in [1.29, 1.82) is 0 Å². The second-order valence-corrected chi connectivity index (χ2v) is 4.00. The van der Waals surface area contributed by atoms with Gasteiger partial charge in [0.25, 0.3) is 0 Å². The molecule has 0 bridgehead atoms. The van der Waals surface area contributed by atoms with Crippen molar-refractivity contribution in [3.8, 4) is 0 Å². The second kappa shape index (κ2) is 5.06. The molecule has 1 unspecified atom stereocenters. The maximum Gasteiger partial charge on any atom is 0.408 e. The van der Waals surface area contributed by atoms with E-state index in [9.17, 15) is 13.2 Å². The number of halogens is 3. The topological polar surface area (TPSA) is 12.5 Å². The third-order valence-corrected chi connectivity index (χ3v) is 2.84. The quantitative estimate of drug-likeness (QED) is 0.794. The van der Waals surface area contributed by atoms with Crippen LogP contribution in [0.2, 0.25) is 0 Å². The van der Waals surface area contributed by atoms with Crippen LogP contribution in [0.1, 0.15) is 11.6 Å². The van der Waals surface area contributed by atoms with Gasteiger partial charge in [0.2, 0.25) is 0 Å². The fourth-order valence-electron chi connectivity index (χ4n) is 2.08. The molecule has 2 nitrogen and oxygen atoms in total. The van der Waals surface area contributed by atoms with Crippen LogP contribution in [0.15, 0.2) is 30.3 Å². The van der Waals surface area contributed by atoms with Crippen molar-refractivity contribution in [3.05, 3.63) is 35.9 Å². The molecule has 1 fully saturated rings. The fraction of sp³-hybridized carbons (Fsp3) is 0.500. The molecule has 1 atom stereocenters. The number of ether oxygens (including phenoxy) is 1. The van der Waals surface area contributed by atoms with Crippen LogP contribution in [0.25, 0.3) is 0 Å². The van der Waals surface area contributed by atoms with Crippen LogP contribution in [0, 0.1) is 0 Å². The fourth-order valence-corrected chi connectivity index (χ4v) is 2.08. The Hall–Kier alpha value is -1.07. The van der Waals surface area contributed by atoms with E-state index in [4.69, 9.17) is 4.74 Å². The van der Waals surface area contributed by atoms with Gasteiger partial charge in [-0.1, -0.05) is 30.3 Å². The molecule has 1 heterocycles. The first-order valence-corrected chi connectivity index (χ1v) is 5.52. The average Bonchev–Trinajstić information content (AvgIpc) is 2.30. The zero-order valence-electron chi connectivity index (χ0n) is 9.28. The highest BCUT2D eigenvalue weighted by atomic mass is 19.4. The number of alkyl halides is 3. The molecule has 5 heteroatoms. The SMILES string of the molecule is FC(F)(F)C(c1ccccc1)N1CCOCC1. The Morgan fingerprint density at radius 1 is 1.06 bits per heavy atom. The minimum atomic E-state index is -4.25. The molecule has 0 spiro atoms. The Kier molecular flexibility index (Phi) is 3.69. The van der Waals surface area contributed by atoms with E-state index in [1.54, 1.807) is 18.2 Å². The van der Waals surface area contributed by atoms with Crippen molar-refractivity contribution in [2.24, 2.45) is 0 Å². The van der Waals surface area contributed by atoms with Crippen LogP contribution in [0.5, 0.6) is 0 Å². The maximum absolute atomic E-state index is 13.1. The van der Waals surface area contributed by atoms with Gasteiger partial charge in [-0.05, 0) is 5.56 Å². The van der Waals surface area contributed by atoms with Gasteiger partial charge >= 0.3 is 6.18 Å². The predicted octanol–water partition coefficient (Wildman–Crippen LogP) is 2.62. The third-order valence-electron chi connectivity index (χ3n) is 2.84. The minimum Gasteiger partial charge on any atom is -0.379 e. The summed E-state index contributed by atoms with van der Waals surface area (Å²) in [5, 5.41) is 0. The molecule has 1 aromatic carbocycles. The first-order valence-electron chi connectivity index (χ1n) is 5.52. The molecule has 0 aliphatic carbocycles. The summed E-state index contributed by atoms with van der Waals surface area (Å²) in [5.41, 5.74) is 0.293. The Bertz CT molecular complexity index is 347. The molecule has 1 aliphatic heterocycles. The molecule has 94 valence electrons. The van der Waals surface area contributed by atoms with E-state index in [1.165, 1.54) is 17.0 Å². The minimum absolute atomic E-state index is 0.293. The lowest BCUT2D eigenvalue weighted by Crippen LogP contribution is -2.44. The molecule has 1 aromatic rings. The van der Waals surface area contributed by atoms with Gasteiger partial charge in [-0.25, -0.2) is 0 Å². The van der Waals surface area contributed by atoms with E-state index in [-0.39, 0.29) is 0 Å². The van der Waals surface area contributed by atoms with Gasteiger partial charge in [-0.3, -0.25) is 4.90 Å². The van der Waals surface area contributed by atoms with Gasteiger partial charge in [0.05, 0.1) is 13.2 Å². The van der Waals surface area contributed by atoms with E-state index in [2.05, 4.69) is 0 Å². The van der Waals surface area contributed by atoms with Crippen molar-refractivity contribution < 1.29 is 17.9 Å². The maximum atomic E-state index is 13.1. The van der Waals surface area contributed by atoms with E-state index < -0.39 is 12.2 Å². The normalized spacial score (nSPS) is 20.2. The zero-order valence-corrected chi connectivity index (χ0v) is 9.28. The first-order chi connectivity index (χ1) is 8.09. The van der Waals surface area contributed by atoms with Gasteiger partial charge in [0.1, 0.15) is 6.04 Å². The summed E-state index contributed by atoms with van der Waals surface area (Å²) in [5.74, 6) is 0. The van der Waals surface area contributed by atoms with Gasteiger partial charge in [-0.2, -0.15) is 13.2 Å². The number of hydrogen-bond donors (Lipinski definition) is 0. The summed E-state index contributed by atoms with van der Waals surface area (Å²) >= 11 is 0. The summed E-state index contributed by atoms with van der Waals surface area (Å²) in [7, 11) is 0. The van der Waals surface area contributed by atoms with Crippen LogP contribution in [0.4, 0.5) is 13.2 Å². The largest absolute Gasteiger partial charge is 0.408 e. The summed E-state index contributed by atoms with van der Waals surface area (Å²) in [6, 6.07) is 6.51. The van der Waals surface area contributed by atoms with Crippen LogP contribution >= 0.6 is 0 Å². The van der Waals surface area contributed by atoms with E-state index in [0.717, 1.165) is 0 Å². The second-order valence-electron chi connectivity index (χ2n) is 4.00. The Balaban J connectivity index is 2.25. The van der Waals surface area contributed by atoms with E-state index >= 15 is 0 Å². The van der Waals surface area contributed by atoms with Crippen LogP contribution in [0.3, 0.4) is 0 Å². The van der Waals surface area contributed by atoms with Crippen molar-refractivity contribution in [1.82, 2.24) is 4.90 Å². The highest BCUT2D eigenvalue weighted by Gasteiger charge is 2.44. The molecule has 0 amide bonds. The van der Waals surface area contributed by atoms with E-state index in [0.29, 0.717) is 31.9 Å². The zero-order chi connectivity index (χ0) is 12.3. The monoisotopic (exact) mass is 245 g/mol. The number of rotatable bonds is 2. The average molecular weight is 245 g/mol. The number of hydrogen-bond acceptors (Lipinski definition) is 2. The molecule has 0 radical (unpaired) electrons. The number of benzene rings is 1. The molecular formula is C12H14F3NO. The highest BCUT2D eigenvalue weighted by Crippen LogP contribution is 2.37. The van der Waals surface area contributed by atoms with Gasteiger partial charge < -0.3 is 4.74 Å². The lowest BCUT2D eigenvalue weighted by molar-refractivity contribution is -0.194. The molecule has 1 saturated heterocycles. The molecule has 0 N–H and O–H groups in total. The number of morpholine rings is 1. The molecular weight excluding hydrogens is 231 g/mol. The lowest BCUT2D eigenvalue weighted by Gasteiger charge is -2.35. The van der Waals surface area contributed by atoms with Crippen LogP contribution in [-0.2, 0) is 4.74 Å². The molecule has 2 rings (SSSR count). The first kappa shape index (κ1) is 12.4.